The van der Waals surface area contributed by atoms with Crippen molar-refractivity contribution >= 4 is 33.2 Å². The lowest BCUT2D eigenvalue weighted by Crippen LogP contribution is -2.46. The maximum atomic E-state index is 12.2. The minimum absolute atomic E-state index is 0.0232. The van der Waals surface area contributed by atoms with Crippen LogP contribution in [0.25, 0.3) is 0 Å². The average molecular weight is 352 g/mol. The lowest BCUT2D eigenvalue weighted by atomic mass is 10.3. The summed E-state index contributed by atoms with van der Waals surface area (Å²) in [5, 5.41) is 0.519. The summed E-state index contributed by atoms with van der Waals surface area (Å²) in [7, 11) is -1.54. The molecule has 1 aliphatic heterocycles. The van der Waals surface area contributed by atoms with E-state index in [0.29, 0.717) is 18.1 Å². The molecule has 5 nitrogen and oxygen atoms in total. The van der Waals surface area contributed by atoms with Gasteiger partial charge in [0.2, 0.25) is 10.0 Å². The zero-order valence-corrected chi connectivity index (χ0v) is 14.2. The first-order valence-corrected chi connectivity index (χ1v) is 8.98. The molecule has 0 aliphatic carbocycles. The summed E-state index contributed by atoms with van der Waals surface area (Å²) < 4.78 is 27.0. The summed E-state index contributed by atoms with van der Waals surface area (Å²) in [6.45, 7) is 4.96. The number of likely N-dealkylation sites (N-methyl/N-ethyl adjacent to an activating group) is 1. The quantitative estimate of drug-likeness (QED) is 0.873. The molecule has 2 rings (SSSR count). The second kappa shape index (κ2) is 7.26. The van der Waals surface area contributed by atoms with Gasteiger partial charge in [0.1, 0.15) is 4.90 Å². The predicted octanol–water partition coefficient (Wildman–Crippen LogP) is 1.52. The summed E-state index contributed by atoms with van der Waals surface area (Å²) in [6, 6.07) is 4.41. The van der Waals surface area contributed by atoms with Crippen molar-refractivity contribution in [3.63, 3.8) is 0 Å². The Morgan fingerprint density at radius 2 is 1.86 bits per heavy atom. The van der Waals surface area contributed by atoms with Gasteiger partial charge < -0.3 is 4.90 Å². The van der Waals surface area contributed by atoms with Gasteiger partial charge in [-0.2, -0.15) is 0 Å². The normalized spacial score (nSPS) is 18.0. The molecule has 1 heterocycles. The van der Waals surface area contributed by atoms with Crippen molar-refractivity contribution in [2.75, 3.05) is 46.3 Å². The summed E-state index contributed by atoms with van der Waals surface area (Å²) in [6.07, 6.45) is 0. The Kier molecular flexibility index (Phi) is 5.88. The van der Waals surface area contributed by atoms with Crippen molar-refractivity contribution in [2.45, 2.75) is 4.90 Å². The van der Waals surface area contributed by atoms with Gasteiger partial charge in [-0.3, -0.25) is 4.90 Å². The highest BCUT2D eigenvalue weighted by molar-refractivity contribution is 7.89. The Bertz CT molecular complexity index is 587. The fourth-order valence-corrected chi connectivity index (χ4v) is 3.95. The van der Waals surface area contributed by atoms with Crippen molar-refractivity contribution in [3.05, 3.63) is 28.2 Å². The molecule has 0 atom stereocenters. The molecular formula is C13H19Cl2N3O2S. The van der Waals surface area contributed by atoms with E-state index in [2.05, 4.69) is 21.6 Å². The third-order valence-electron chi connectivity index (χ3n) is 3.50. The van der Waals surface area contributed by atoms with E-state index in [-0.39, 0.29) is 9.92 Å². The van der Waals surface area contributed by atoms with Gasteiger partial charge in [0.15, 0.2) is 0 Å². The summed E-state index contributed by atoms with van der Waals surface area (Å²) >= 11 is 11.8. The Labute approximate surface area is 135 Å². The molecule has 8 heteroatoms. The van der Waals surface area contributed by atoms with Gasteiger partial charge in [-0.1, -0.05) is 23.2 Å². The molecule has 0 unspecified atom stereocenters. The molecule has 1 aromatic carbocycles. The Hall–Kier alpha value is -0.370. The standard InChI is InChI=1S/C13H19Cl2N3O2S/c1-17-6-8-18(9-7-17)5-4-16-21(19,20)13-10-11(14)2-3-12(13)15/h2-3,10,16H,4-9H2,1H3. The third kappa shape index (κ3) is 4.81. The molecule has 0 spiro atoms. The Morgan fingerprint density at radius 3 is 2.52 bits per heavy atom. The van der Waals surface area contributed by atoms with Crippen molar-refractivity contribution in [1.82, 2.24) is 14.5 Å². The molecule has 1 N–H and O–H groups in total. The van der Waals surface area contributed by atoms with E-state index in [1.165, 1.54) is 12.1 Å². The van der Waals surface area contributed by atoms with Gasteiger partial charge in [-0.05, 0) is 25.2 Å². The Morgan fingerprint density at radius 1 is 1.19 bits per heavy atom. The van der Waals surface area contributed by atoms with Crippen molar-refractivity contribution < 1.29 is 8.42 Å². The molecule has 0 amide bonds. The zero-order chi connectivity index (χ0) is 15.5. The number of nitrogens with zero attached hydrogens (tertiary/aromatic N) is 2. The van der Waals surface area contributed by atoms with Crippen LogP contribution in [0.5, 0.6) is 0 Å². The smallest absolute Gasteiger partial charge is 0.242 e. The van der Waals surface area contributed by atoms with E-state index < -0.39 is 10.0 Å². The van der Waals surface area contributed by atoms with Crippen LogP contribution >= 0.6 is 23.2 Å². The fraction of sp³-hybridized carbons (Fsp3) is 0.538. The van der Waals surface area contributed by atoms with E-state index >= 15 is 0 Å². The monoisotopic (exact) mass is 351 g/mol. The molecule has 0 aromatic heterocycles. The number of hydrogen-bond donors (Lipinski definition) is 1. The van der Waals surface area contributed by atoms with Crippen molar-refractivity contribution in [3.8, 4) is 0 Å². The summed E-state index contributed by atoms with van der Waals surface area (Å²) in [4.78, 5) is 4.52. The zero-order valence-electron chi connectivity index (χ0n) is 11.8. The topological polar surface area (TPSA) is 52.6 Å². The maximum absolute atomic E-state index is 12.2. The van der Waals surface area contributed by atoms with Crippen LogP contribution in [-0.4, -0.2) is 64.5 Å². The van der Waals surface area contributed by atoms with Crippen LogP contribution in [0.3, 0.4) is 0 Å². The summed E-state index contributed by atoms with van der Waals surface area (Å²) in [5.74, 6) is 0. The highest BCUT2D eigenvalue weighted by Gasteiger charge is 2.19. The van der Waals surface area contributed by atoms with Gasteiger partial charge in [-0.15, -0.1) is 0 Å². The first kappa shape index (κ1) is 17.0. The first-order valence-electron chi connectivity index (χ1n) is 6.74. The predicted molar refractivity (Wildman–Crippen MR) is 85.6 cm³/mol. The minimum Gasteiger partial charge on any atom is -0.304 e. The van der Waals surface area contributed by atoms with E-state index in [4.69, 9.17) is 23.2 Å². The lowest BCUT2D eigenvalue weighted by Gasteiger charge is -2.32. The number of piperazine rings is 1. The maximum Gasteiger partial charge on any atom is 0.242 e. The lowest BCUT2D eigenvalue weighted by molar-refractivity contribution is 0.156. The van der Waals surface area contributed by atoms with E-state index in [1.807, 2.05) is 0 Å². The molecule has 0 saturated carbocycles. The van der Waals surface area contributed by atoms with Gasteiger partial charge >= 0.3 is 0 Å². The molecule has 0 radical (unpaired) electrons. The minimum atomic E-state index is -3.63. The van der Waals surface area contributed by atoms with E-state index in [1.54, 1.807) is 6.07 Å². The van der Waals surface area contributed by atoms with Gasteiger partial charge in [0.05, 0.1) is 5.02 Å². The van der Waals surface area contributed by atoms with Crippen molar-refractivity contribution in [1.29, 1.82) is 0 Å². The first-order chi connectivity index (χ1) is 9.88. The van der Waals surface area contributed by atoms with Crippen LogP contribution in [0.15, 0.2) is 23.1 Å². The number of rotatable bonds is 5. The van der Waals surface area contributed by atoms with Gasteiger partial charge in [-0.25, -0.2) is 13.1 Å². The van der Waals surface area contributed by atoms with Crippen LogP contribution in [-0.2, 0) is 10.0 Å². The van der Waals surface area contributed by atoms with E-state index in [0.717, 1.165) is 26.2 Å². The highest BCUT2D eigenvalue weighted by Crippen LogP contribution is 2.24. The van der Waals surface area contributed by atoms with Crippen molar-refractivity contribution in [2.24, 2.45) is 0 Å². The van der Waals surface area contributed by atoms with Crippen LogP contribution in [0.2, 0.25) is 10.0 Å². The van der Waals surface area contributed by atoms with Gasteiger partial charge in [0, 0.05) is 44.3 Å². The fourth-order valence-electron chi connectivity index (χ4n) is 2.17. The second-order valence-electron chi connectivity index (χ2n) is 5.12. The van der Waals surface area contributed by atoms with E-state index in [9.17, 15) is 8.42 Å². The van der Waals surface area contributed by atoms with Gasteiger partial charge in [0.25, 0.3) is 0 Å². The molecule has 0 bridgehead atoms. The molecule has 1 aliphatic rings. The molecule has 118 valence electrons. The Balaban J connectivity index is 1.91. The largest absolute Gasteiger partial charge is 0.304 e. The molecule has 1 aromatic rings. The van der Waals surface area contributed by atoms with Crippen LogP contribution < -0.4 is 4.72 Å². The number of benzene rings is 1. The number of sulfonamides is 1. The summed E-state index contributed by atoms with van der Waals surface area (Å²) in [5.41, 5.74) is 0. The number of nitrogens with one attached hydrogen (secondary N) is 1. The van der Waals surface area contributed by atoms with Crippen LogP contribution in [0.4, 0.5) is 0 Å². The number of hydrogen-bond acceptors (Lipinski definition) is 4. The average Bonchev–Trinajstić information content (AvgIpc) is 2.43. The number of halogens is 2. The van der Waals surface area contributed by atoms with Crippen LogP contribution in [0, 0.1) is 0 Å². The molecular weight excluding hydrogens is 333 g/mol. The highest BCUT2D eigenvalue weighted by atomic mass is 35.5. The van der Waals surface area contributed by atoms with Crippen LogP contribution in [0.1, 0.15) is 0 Å². The molecule has 1 fully saturated rings. The molecule has 1 saturated heterocycles. The molecule has 21 heavy (non-hydrogen) atoms. The second-order valence-corrected chi connectivity index (χ2v) is 7.70. The SMILES string of the molecule is CN1CCN(CCNS(=O)(=O)c2cc(Cl)ccc2Cl)CC1. The third-order valence-corrected chi connectivity index (χ3v) is 5.68.